The van der Waals surface area contributed by atoms with Crippen LogP contribution in [0.25, 0.3) is 0 Å². The summed E-state index contributed by atoms with van der Waals surface area (Å²) in [4.78, 5) is 26.7. The molecule has 0 radical (unpaired) electrons. The smallest absolute Gasteiger partial charge is 0.245 e. The van der Waals surface area contributed by atoms with Gasteiger partial charge in [0.1, 0.15) is 6.04 Å². The molecule has 1 heterocycles. The minimum Gasteiger partial charge on any atom is -0.378 e. The number of hydrogen-bond donors (Lipinski definition) is 1. The predicted molar refractivity (Wildman–Crippen MR) is 88.9 cm³/mol. The summed E-state index contributed by atoms with van der Waals surface area (Å²) >= 11 is 0. The van der Waals surface area contributed by atoms with Crippen LogP contribution in [0.15, 0.2) is 30.3 Å². The number of hydrogen-bond acceptors (Lipinski definition) is 3. The second kappa shape index (κ2) is 8.67. The molecule has 0 aromatic heterocycles. The van der Waals surface area contributed by atoms with Crippen LogP contribution in [0.5, 0.6) is 0 Å². The van der Waals surface area contributed by atoms with E-state index in [0.29, 0.717) is 39.1 Å². The number of rotatable bonds is 6. The van der Waals surface area contributed by atoms with Crippen LogP contribution >= 0.6 is 0 Å². The summed E-state index contributed by atoms with van der Waals surface area (Å²) in [5.74, 6) is 0.183. The summed E-state index contributed by atoms with van der Waals surface area (Å²) in [6.45, 7) is 6.28. The molecule has 126 valence electrons. The van der Waals surface area contributed by atoms with Gasteiger partial charge in [0.2, 0.25) is 11.8 Å². The molecule has 2 amide bonds. The van der Waals surface area contributed by atoms with Crippen molar-refractivity contribution in [2.24, 2.45) is 5.92 Å². The SMILES string of the molecule is CC(C)CC(=O)N[C@@H](Cc1ccccc1)C(=O)N1CCOCC1. The topological polar surface area (TPSA) is 58.6 Å². The maximum atomic E-state index is 12.8. The Kier molecular flexibility index (Phi) is 6.59. The third kappa shape index (κ3) is 5.67. The molecule has 5 heteroatoms. The minimum absolute atomic E-state index is 0.0192. The molecule has 1 aliphatic rings. The van der Waals surface area contributed by atoms with E-state index in [1.165, 1.54) is 0 Å². The Labute approximate surface area is 138 Å². The highest BCUT2D eigenvalue weighted by Gasteiger charge is 2.27. The van der Waals surface area contributed by atoms with E-state index in [1.807, 2.05) is 44.2 Å². The van der Waals surface area contributed by atoms with E-state index in [2.05, 4.69) is 5.32 Å². The first-order chi connectivity index (χ1) is 11.1. The van der Waals surface area contributed by atoms with Gasteiger partial charge in [-0.05, 0) is 11.5 Å². The first kappa shape index (κ1) is 17.5. The molecule has 0 bridgehead atoms. The van der Waals surface area contributed by atoms with Crippen molar-refractivity contribution in [2.45, 2.75) is 32.7 Å². The minimum atomic E-state index is -0.512. The average Bonchev–Trinajstić information content (AvgIpc) is 2.54. The number of carbonyl (C=O) groups is 2. The molecule has 1 aromatic rings. The molecule has 0 saturated carbocycles. The van der Waals surface area contributed by atoms with Gasteiger partial charge in [0.15, 0.2) is 0 Å². The second-order valence-electron chi connectivity index (χ2n) is 6.35. The van der Waals surface area contributed by atoms with Gasteiger partial charge in [-0.3, -0.25) is 9.59 Å². The highest BCUT2D eigenvalue weighted by molar-refractivity contribution is 5.88. The van der Waals surface area contributed by atoms with Crippen molar-refractivity contribution in [3.8, 4) is 0 Å². The van der Waals surface area contributed by atoms with Gasteiger partial charge in [-0.25, -0.2) is 0 Å². The maximum Gasteiger partial charge on any atom is 0.245 e. The fraction of sp³-hybridized carbons (Fsp3) is 0.556. The molecule has 1 aromatic carbocycles. The third-order valence-electron chi connectivity index (χ3n) is 3.83. The van der Waals surface area contributed by atoms with Crippen molar-refractivity contribution in [1.29, 1.82) is 0 Å². The Balaban J connectivity index is 2.06. The van der Waals surface area contributed by atoms with Crippen LogP contribution in [-0.4, -0.2) is 49.1 Å². The maximum absolute atomic E-state index is 12.8. The first-order valence-corrected chi connectivity index (χ1v) is 8.26. The average molecular weight is 318 g/mol. The summed E-state index contributed by atoms with van der Waals surface area (Å²) in [7, 11) is 0. The number of benzene rings is 1. The molecule has 0 unspecified atom stereocenters. The van der Waals surface area contributed by atoms with Gasteiger partial charge in [-0.1, -0.05) is 44.2 Å². The summed E-state index contributed by atoms with van der Waals surface area (Å²) < 4.78 is 5.30. The van der Waals surface area contributed by atoms with Gasteiger partial charge < -0.3 is 15.0 Å². The van der Waals surface area contributed by atoms with E-state index >= 15 is 0 Å². The largest absolute Gasteiger partial charge is 0.378 e. The van der Waals surface area contributed by atoms with E-state index < -0.39 is 6.04 Å². The van der Waals surface area contributed by atoms with Crippen LogP contribution in [-0.2, 0) is 20.7 Å². The monoisotopic (exact) mass is 318 g/mol. The predicted octanol–water partition coefficient (Wildman–Crippen LogP) is 1.62. The van der Waals surface area contributed by atoms with Gasteiger partial charge in [-0.2, -0.15) is 0 Å². The highest BCUT2D eigenvalue weighted by atomic mass is 16.5. The molecule has 5 nitrogen and oxygen atoms in total. The van der Waals surface area contributed by atoms with Crippen molar-refractivity contribution in [3.63, 3.8) is 0 Å². The van der Waals surface area contributed by atoms with E-state index in [0.717, 1.165) is 5.56 Å². The standard InChI is InChI=1S/C18H26N2O3/c1-14(2)12-17(21)19-16(13-15-6-4-3-5-7-15)18(22)20-8-10-23-11-9-20/h3-7,14,16H,8-13H2,1-2H3,(H,19,21)/t16-/m0/s1. The normalized spacial score (nSPS) is 16.2. The van der Waals surface area contributed by atoms with Gasteiger partial charge in [-0.15, -0.1) is 0 Å². The van der Waals surface area contributed by atoms with Crippen LogP contribution in [0.3, 0.4) is 0 Å². The van der Waals surface area contributed by atoms with Gasteiger partial charge >= 0.3 is 0 Å². The molecule has 1 N–H and O–H groups in total. The fourth-order valence-electron chi connectivity index (χ4n) is 2.68. The summed E-state index contributed by atoms with van der Waals surface area (Å²) in [6.07, 6.45) is 0.947. The molecular weight excluding hydrogens is 292 g/mol. The Bertz CT molecular complexity index is 510. The van der Waals surface area contributed by atoms with Crippen LogP contribution < -0.4 is 5.32 Å². The number of amides is 2. The number of carbonyl (C=O) groups excluding carboxylic acids is 2. The number of nitrogens with zero attached hydrogens (tertiary/aromatic N) is 1. The zero-order chi connectivity index (χ0) is 16.7. The fourth-order valence-corrected chi connectivity index (χ4v) is 2.68. The van der Waals surface area contributed by atoms with Crippen molar-refractivity contribution in [3.05, 3.63) is 35.9 Å². The van der Waals surface area contributed by atoms with E-state index in [4.69, 9.17) is 4.74 Å². The third-order valence-corrected chi connectivity index (χ3v) is 3.83. The van der Waals surface area contributed by atoms with Gasteiger partial charge in [0.05, 0.1) is 13.2 Å². The quantitative estimate of drug-likeness (QED) is 0.867. The van der Waals surface area contributed by atoms with Crippen molar-refractivity contribution in [1.82, 2.24) is 10.2 Å². The number of ether oxygens (including phenoxy) is 1. The van der Waals surface area contributed by atoms with Crippen molar-refractivity contribution >= 4 is 11.8 Å². The molecule has 0 spiro atoms. The second-order valence-corrected chi connectivity index (χ2v) is 6.35. The van der Waals surface area contributed by atoms with Gasteiger partial charge in [0, 0.05) is 25.9 Å². The Hall–Kier alpha value is -1.88. The number of morpholine rings is 1. The molecule has 0 aliphatic carbocycles. The van der Waals surface area contributed by atoms with E-state index in [9.17, 15) is 9.59 Å². The summed E-state index contributed by atoms with van der Waals surface area (Å²) in [5.41, 5.74) is 1.05. The van der Waals surface area contributed by atoms with Crippen LogP contribution in [0.1, 0.15) is 25.8 Å². The Morgan fingerprint density at radius 2 is 1.83 bits per heavy atom. The molecule has 2 rings (SSSR count). The summed E-state index contributed by atoms with van der Waals surface area (Å²) in [5, 5.41) is 2.92. The molecule has 1 aliphatic heterocycles. The lowest BCUT2D eigenvalue weighted by atomic mass is 10.0. The zero-order valence-corrected chi connectivity index (χ0v) is 14.0. The van der Waals surface area contributed by atoms with E-state index in [-0.39, 0.29) is 17.7 Å². The first-order valence-electron chi connectivity index (χ1n) is 8.26. The molecule has 23 heavy (non-hydrogen) atoms. The lowest BCUT2D eigenvalue weighted by molar-refractivity contribution is -0.140. The molecule has 1 atom stereocenters. The molecule has 1 fully saturated rings. The lowest BCUT2D eigenvalue weighted by Crippen LogP contribution is -2.52. The van der Waals surface area contributed by atoms with Crippen molar-refractivity contribution < 1.29 is 14.3 Å². The summed E-state index contributed by atoms with van der Waals surface area (Å²) in [6, 6.07) is 9.28. The zero-order valence-electron chi connectivity index (χ0n) is 14.0. The van der Waals surface area contributed by atoms with Crippen LogP contribution in [0, 0.1) is 5.92 Å². The molecular formula is C18H26N2O3. The van der Waals surface area contributed by atoms with Crippen LogP contribution in [0.2, 0.25) is 0 Å². The van der Waals surface area contributed by atoms with Crippen LogP contribution in [0.4, 0.5) is 0 Å². The van der Waals surface area contributed by atoms with E-state index in [1.54, 1.807) is 4.90 Å². The molecule has 1 saturated heterocycles. The Morgan fingerprint density at radius 1 is 1.17 bits per heavy atom. The number of nitrogens with one attached hydrogen (secondary N) is 1. The van der Waals surface area contributed by atoms with Crippen molar-refractivity contribution in [2.75, 3.05) is 26.3 Å². The lowest BCUT2D eigenvalue weighted by Gasteiger charge is -2.31. The van der Waals surface area contributed by atoms with Gasteiger partial charge in [0.25, 0.3) is 0 Å². The Morgan fingerprint density at radius 3 is 2.43 bits per heavy atom. The highest BCUT2D eigenvalue weighted by Crippen LogP contribution is 2.09.